The maximum atomic E-state index is 12.1. The molecule has 0 saturated carbocycles. The van der Waals surface area contributed by atoms with Crippen LogP contribution in [0.5, 0.6) is 0 Å². The van der Waals surface area contributed by atoms with Crippen LogP contribution in [0.3, 0.4) is 0 Å². The van der Waals surface area contributed by atoms with Gasteiger partial charge in [0.05, 0.1) is 13.0 Å². The van der Waals surface area contributed by atoms with E-state index < -0.39 is 24.0 Å². The van der Waals surface area contributed by atoms with Gasteiger partial charge >= 0.3 is 18.0 Å². The normalized spacial score (nSPS) is 20.1. The highest BCUT2D eigenvalue weighted by molar-refractivity contribution is 5.83. The molecule has 2 atom stereocenters. The van der Waals surface area contributed by atoms with E-state index in [-0.39, 0.29) is 19.1 Å². The Balaban J connectivity index is 2.58. The monoisotopic (exact) mass is 286 g/mol. The van der Waals surface area contributed by atoms with Crippen molar-refractivity contribution in [2.24, 2.45) is 0 Å². The van der Waals surface area contributed by atoms with Crippen molar-refractivity contribution in [3.05, 3.63) is 0 Å². The van der Waals surface area contributed by atoms with Gasteiger partial charge in [-0.05, 0) is 33.1 Å². The first kappa shape index (κ1) is 16.3. The fraction of sp³-hybridized carbons (Fsp3) is 0.769. The van der Waals surface area contributed by atoms with Crippen LogP contribution in [0.1, 0.15) is 39.5 Å². The van der Waals surface area contributed by atoms with Gasteiger partial charge in [0.1, 0.15) is 6.04 Å². The van der Waals surface area contributed by atoms with E-state index in [4.69, 9.17) is 9.84 Å². The smallest absolute Gasteiger partial charge is 0.328 e. The number of hydrogen-bond donors (Lipinski definition) is 2. The molecule has 114 valence electrons. The van der Waals surface area contributed by atoms with Gasteiger partial charge in [0.2, 0.25) is 0 Å². The van der Waals surface area contributed by atoms with E-state index in [1.165, 1.54) is 4.90 Å². The molecule has 1 heterocycles. The number of aliphatic carboxylic acids is 1. The Morgan fingerprint density at radius 2 is 2.10 bits per heavy atom. The molecule has 1 fully saturated rings. The lowest BCUT2D eigenvalue weighted by Crippen LogP contribution is -2.52. The summed E-state index contributed by atoms with van der Waals surface area (Å²) < 4.78 is 4.82. The van der Waals surface area contributed by atoms with Crippen molar-refractivity contribution in [1.29, 1.82) is 0 Å². The molecule has 1 aliphatic rings. The number of carboxylic acid groups (broad SMARTS) is 1. The second-order valence-corrected chi connectivity index (χ2v) is 4.86. The lowest BCUT2D eigenvalue weighted by atomic mass is 10.00. The second kappa shape index (κ2) is 7.72. The van der Waals surface area contributed by atoms with Crippen molar-refractivity contribution in [3.8, 4) is 0 Å². The van der Waals surface area contributed by atoms with Gasteiger partial charge in [0, 0.05) is 12.6 Å². The molecule has 0 radical (unpaired) electrons. The number of rotatable bonds is 5. The molecule has 0 aromatic heterocycles. The number of likely N-dealkylation sites (tertiary alicyclic amines) is 1. The lowest BCUT2D eigenvalue weighted by molar-refractivity contribution is -0.145. The third-order valence-corrected chi connectivity index (χ3v) is 3.28. The predicted octanol–water partition coefficient (Wildman–Crippen LogP) is 0.977. The van der Waals surface area contributed by atoms with E-state index in [0.29, 0.717) is 13.0 Å². The molecule has 1 saturated heterocycles. The predicted molar refractivity (Wildman–Crippen MR) is 71.2 cm³/mol. The third kappa shape index (κ3) is 4.71. The van der Waals surface area contributed by atoms with Gasteiger partial charge in [-0.1, -0.05) is 0 Å². The Morgan fingerprint density at radius 1 is 1.40 bits per heavy atom. The van der Waals surface area contributed by atoms with Gasteiger partial charge in [-0.3, -0.25) is 4.79 Å². The molecular formula is C13H22N2O5. The summed E-state index contributed by atoms with van der Waals surface area (Å²) in [4.78, 5) is 35.9. The molecule has 7 heteroatoms. The Bertz CT molecular complexity index is 372. The van der Waals surface area contributed by atoms with Crippen LogP contribution in [-0.2, 0) is 14.3 Å². The minimum Gasteiger partial charge on any atom is -0.481 e. The van der Waals surface area contributed by atoms with Crippen LogP contribution in [0.4, 0.5) is 4.79 Å². The lowest BCUT2D eigenvalue weighted by Gasteiger charge is -2.35. The van der Waals surface area contributed by atoms with Crippen LogP contribution in [0.15, 0.2) is 0 Å². The Kier molecular flexibility index (Phi) is 6.27. The molecule has 0 spiro atoms. The minimum absolute atomic E-state index is 0.0682. The average Bonchev–Trinajstić information content (AvgIpc) is 2.38. The molecule has 20 heavy (non-hydrogen) atoms. The van der Waals surface area contributed by atoms with Crippen LogP contribution < -0.4 is 5.32 Å². The van der Waals surface area contributed by atoms with Gasteiger partial charge < -0.3 is 20.1 Å². The van der Waals surface area contributed by atoms with Gasteiger partial charge in [-0.25, -0.2) is 9.59 Å². The molecular weight excluding hydrogens is 264 g/mol. The molecule has 0 aromatic carbocycles. The van der Waals surface area contributed by atoms with E-state index in [1.807, 2.05) is 0 Å². The first-order valence-electron chi connectivity index (χ1n) is 6.91. The molecule has 1 aliphatic heterocycles. The topological polar surface area (TPSA) is 95.9 Å². The summed E-state index contributed by atoms with van der Waals surface area (Å²) in [7, 11) is 0. The third-order valence-electron chi connectivity index (χ3n) is 3.28. The number of carboxylic acids is 1. The van der Waals surface area contributed by atoms with Gasteiger partial charge in [-0.2, -0.15) is 0 Å². The van der Waals surface area contributed by atoms with Gasteiger partial charge in [0.25, 0.3) is 0 Å². The van der Waals surface area contributed by atoms with Crippen LogP contribution >= 0.6 is 0 Å². The summed E-state index contributed by atoms with van der Waals surface area (Å²) in [6.07, 6.45) is 2.36. The van der Waals surface area contributed by atoms with Crippen LogP contribution in [0, 0.1) is 0 Å². The number of esters is 1. The number of urea groups is 1. The summed E-state index contributed by atoms with van der Waals surface area (Å²) in [6.45, 7) is 4.01. The molecule has 1 rings (SSSR count). The summed E-state index contributed by atoms with van der Waals surface area (Å²) >= 11 is 0. The highest BCUT2D eigenvalue weighted by Crippen LogP contribution is 2.19. The first-order chi connectivity index (χ1) is 9.45. The maximum absolute atomic E-state index is 12.1. The fourth-order valence-corrected chi connectivity index (χ4v) is 2.28. The van der Waals surface area contributed by atoms with E-state index >= 15 is 0 Å². The number of piperidine rings is 1. The highest BCUT2D eigenvalue weighted by atomic mass is 16.5. The number of amides is 2. The largest absolute Gasteiger partial charge is 0.481 e. The van der Waals surface area contributed by atoms with Crippen LogP contribution in [0.2, 0.25) is 0 Å². The van der Waals surface area contributed by atoms with Crippen LogP contribution in [0.25, 0.3) is 0 Å². The van der Waals surface area contributed by atoms with E-state index in [1.54, 1.807) is 13.8 Å². The highest BCUT2D eigenvalue weighted by Gasteiger charge is 2.30. The SMILES string of the molecule is CCOC(=O)C(C)NC(=O)N1CCCCC1CC(=O)O. The van der Waals surface area contributed by atoms with Crippen LogP contribution in [-0.4, -0.2) is 53.2 Å². The Hall–Kier alpha value is -1.79. The summed E-state index contributed by atoms with van der Waals surface area (Å²) in [5.74, 6) is -1.42. The van der Waals surface area contributed by atoms with E-state index in [2.05, 4.69) is 5.32 Å². The summed E-state index contributed by atoms with van der Waals surface area (Å²) in [5.41, 5.74) is 0. The maximum Gasteiger partial charge on any atom is 0.328 e. The summed E-state index contributed by atoms with van der Waals surface area (Å²) in [6, 6.07) is -1.46. The fourth-order valence-electron chi connectivity index (χ4n) is 2.28. The molecule has 7 nitrogen and oxygen atoms in total. The molecule has 2 unspecified atom stereocenters. The molecule has 2 amide bonds. The van der Waals surface area contributed by atoms with E-state index in [9.17, 15) is 14.4 Å². The van der Waals surface area contributed by atoms with Crippen molar-refractivity contribution < 1.29 is 24.2 Å². The number of nitrogens with zero attached hydrogens (tertiary/aromatic N) is 1. The standard InChI is InChI=1S/C13H22N2O5/c1-3-20-12(18)9(2)14-13(19)15-7-5-4-6-10(15)8-11(16)17/h9-10H,3-8H2,1-2H3,(H,14,19)(H,16,17). The van der Waals surface area contributed by atoms with Gasteiger partial charge in [-0.15, -0.1) is 0 Å². The zero-order valence-electron chi connectivity index (χ0n) is 11.9. The number of nitrogens with one attached hydrogen (secondary N) is 1. The molecule has 2 N–H and O–H groups in total. The minimum atomic E-state index is -0.923. The Morgan fingerprint density at radius 3 is 2.70 bits per heavy atom. The second-order valence-electron chi connectivity index (χ2n) is 4.86. The zero-order chi connectivity index (χ0) is 15.1. The average molecular weight is 286 g/mol. The molecule has 0 bridgehead atoms. The number of carbonyl (C=O) groups is 3. The van der Waals surface area contributed by atoms with Crippen molar-refractivity contribution in [2.75, 3.05) is 13.2 Å². The van der Waals surface area contributed by atoms with Crippen molar-refractivity contribution in [3.63, 3.8) is 0 Å². The quantitative estimate of drug-likeness (QED) is 0.734. The summed E-state index contributed by atoms with van der Waals surface area (Å²) in [5, 5.41) is 11.4. The first-order valence-corrected chi connectivity index (χ1v) is 6.91. The number of ether oxygens (including phenoxy) is 1. The van der Waals surface area contributed by atoms with Crippen molar-refractivity contribution >= 4 is 18.0 Å². The van der Waals surface area contributed by atoms with Crippen molar-refractivity contribution in [2.45, 2.75) is 51.6 Å². The van der Waals surface area contributed by atoms with E-state index in [0.717, 1.165) is 12.8 Å². The number of hydrogen-bond acceptors (Lipinski definition) is 4. The zero-order valence-corrected chi connectivity index (χ0v) is 11.9. The Labute approximate surface area is 118 Å². The molecule has 0 aromatic rings. The number of carbonyl (C=O) groups excluding carboxylic acids is 2. The van der Waals surface area contributed by atoms with Crippen molar-refractivity contribution in [1.82, 2.24) is 10.2 Å². The molecule has 0 aliphatic carbocycles. The van der Waals surface area contributed by atoms with Gasteiger partial charge in [0.15, 0.2) is 0 Å².